The lowest BCUT2D eigenvalue weighted by atomic mass is 9.89. The van der Waals surface area contributed by atoms with Crippen LogP contribution >= 0.6 is 0 Å². The molecule has 1 heterocycles. The van der Waals surface area contributed by atoms with Crippen molar-refractivity contribution in [3.8, 4) is 0 Å². The lowest BCUT2D eigenvalue weighted by Crippen LogP contribution is -2.47. The highest BCUT2D eigenvalue weighted by Crippen LogP contribution is 2.25. The van der Waals surface area contributed by atoms with Crippen molar-refractivity contribution in [2.24, 2.45) is 0 Å². The van der Waals surface area contributed by atoms with E-state index in [2.05, 4.69) is 57.2 Å². The van der Waals surface area contributed by atoms with Gasteiger partial charge in [0.2, 0.25) is 0 Å². The van der Waals surface area contributed by atoms with Crippen LogP contribution < -0.4 is 10.6 Å². The molecule has 1 atom stereocenters. The van der Waals surface area contributed by atoms with Gasteiger partial charge < -0.3 is 20.3 Å². The Morgan fingerprint density at radius 1 is 1.04 bits per heavy atom. The molecule has 1 aliphatic heterocycles. The van der Waals surface area contributed by atoms with E-state index in [1.54, 1.807) is 0 Å². The number of carbonyl (C=O) groups excluding carboxylic acids is 1. The molecule has 24 heavy (non-hydrogen) atoms. The van der Waals surface area contributed by atoms with Crippen LogP contribution in [0.25, 0.3) is 0 Å². The summed E-state index contributed by atoms with van der Waals surface area (Å²) in [6.45, 7) is 14.4. The zero-order valence-electron chi connectivity index (χ0n) is 15.9. The molecular weight excluding hydrogens is 302 g/mol. The highest BCUT2D eigenvalue weighted by Gasteiger charge is 2.18. The number of amides is 2. The topological polar surface area (TPSA) is 53.6 Å². The highest BCUT2D eigenvalue weighted by atomic mass is 16.5. The molecular formula is C19H31N3O2. The van der Waals surface area contributed by atoms with Gasteiger partial charge in [-0.2, -0.15) is 0 Å². The molecule has 1 fully saturated rings. The van der Waals surface area contributed by atoms with Gasteiger partial charge in [0.25, 0.3) is 0 Å². The summed E-state index contributed by atoms with van der Waals surface area (Å²) in [5.74, 6) is 0. The number of carbonyl (C=O) groups is 1. The zero-order chi connectivity index (χ0) is 17.9. The monoisotopic (exact) mass is 333 g/mol. The first-order valence-electron chi connectivity index (χ1n) is 8.69. The molecule has 134 valence electrons. The molecule has 1 aliphatic rings. The van der Waals surface area contributed by atoms with Crippen LogP contribution in [0.15, 0.2) is 0 Å². The van der Waals surface area contributed by atoms with E-state index >= 15 is 0 Å². The first-order chi connectivity index (χ1) is 11.3. The van der Waals surface area contributed by atoms with E-state index in [1.165, 1.54) is 33.4 Å². The summed E-state index contributed by atoms with van der Waals surface area (Å²) < 4.78 is 5.66. The summed E-state index contributed by atoms with van der Waals surface area (Å²) in [6.07, 6.45) is 0.0711. The van der Waals surface area contributed by atoms with Crippen LogP contribution in [0.5, 0.6) is 0 Å². The van der Waals surface area contributed by atoms with E-state index in [0.29, 0.717) is 13.1 Å². The lowest BCUT2D eigenvalue weighted by Gasteiger charge is -2.30. The summed E-state index contributed by atoms with van der Waals surface area (Å²) >= 11 is 0. The van der Waals surface area contributed by atoms with Gasteiger partial charge in [-0.15, -0.1) is 0 Å². The minimum Gasteiger partial charge on any atom is -0.374 e. The molecule has 1 aromatic rings. The summed E-state index contributed by atoms with van der Waals surface area (Å²) in [5, 5.41) is 5.91. The van der Waals surface area contributed by atoms with Crippen LogP contribution in [0.4, 0.5) is 4.79 Å². The first-order valence-corrected chi connectivity index (χ1v) is 8.69. The highest BCUT2D eigenvalue weighted by molar-refractivity contribution is 5.74. The number of nitrogens with one attached hydrogen (secondary N) is 2. The number of hydrogen-bond acceptors (Lipinski definition) is 3. The predicted molar refractivity (Wildman–Crippen MR) is 97.6 cm³/mol. The summed E-state index contributed by atoms with van der Waals surface area (Å²) in [4.78, 5) is 14.3. The van der Waals surface area contributed by atoms with E-state index in [0.717, 1.165) is 19.7 Å². The van der Waals surface area contributed by atoms with E-state index < -0.39 is 0 Å². The number of ether oxygens (including phenoxy) is 1. The predicted octanol–water partition coefficient (Wildman–Crippen LogP) is 2.36. The van der Waals surface area contributed by atoms with Crippen LogP contribution in [0.3, 0.4) is 0 Å². The smallest absolute Gasteiger partial charge is 0.315 e. The molecule has 0 saturated carbocycles. The average molecular weight is 333 g/mol. The van der Waals surface area contributed by atoms with E-state index in [4.69, 9.17) is 4.74 Å². The maximum Gasteiger partial charge on any atom is 0.315 e. The van der Waals surface area contributed by atoms with Crippen molar-refractivity contribution < 1.29 is 9.53 Å². The van der Waals surface area contributed by atoms with Crippen molar-refractivity contribution in [3.63, 3.8) is 0 Å². The van der Waals surface area contributed by atoms with Gasteiger partial charge in [0.1, 0.15) is 0 Å². The maximum atomic E-state index is 12.1. The molecule has 5 nitrogen and oxygen atoms in total. The third-order valence-corrected chi connectivity index (χ3v) is 5.41. The Kier molecular flexibility index (Phi) is 6.24. The Morgan fingerprint density at radius 2 is 1.62 bits per heavy atom. The first kappa shape index (κ1) is 18.7. The number of nitrogens with zero attached hydrogens (tertiary/aromatic N) is 1. The van der Waals surface area contributed by atoms with Crippen LogP contribution in [-0.4, -0.2) is 50.3 Å². The Hall–Kier alpha value is -1.59. The van der Waals surface area contributed by atoms with E-state index in [-0.39, 0.29) is 12.1 Å². The number of hydrogen-bond donors (Lipinski definition) is 2. The molecule has 0 aromatic heterocycles. The van der Waals surface area contributed by atoms with Gasteiger partial charge in [-0.1, -0.05) is 0 Å². The Bertz CT molecular complexity index is 584. The second kappa shape index (κ2) is 7.99. The third kappa shape index (κ3) is 4.28. The van der Waals surface area contributed by atoms with Crippen molar-refractivity contribution in [1.82, 2.24) is 15.5 Å². The number of likely N-dealkylation sites (N-methyl/N-ethyl adjacent to an activating group) is 1. The van der Waals surface area contributed by atoms with Crippen LogP contribution in [-0.2, 0) is 11.3 Å². The lowest BCUT2D eigenvalue weighted by molar-refractivity contribution is -0.0167. The molecule has 1 aromatic carbocycles. The number of urea groups is 1. The fourth-order valence-corrected chi connectivity index (χ4v) is 3.27. The molecule has 0 bridgehead atoms. The molecule has 0 spiro atoms. The van der Waals surface area contributed by atoms with Crippen LogP contribution in [0.2, 0.25) is 0 Å². The quantitative estimate of drug-likeness (QED) is 0.889. The van der Waals surface area contributed by atoms with Gasteiger partial charge in [-0.05, 0) is 75.0 Å². The van der Waals surface area contributed by atoms with E-state index in [9.17, 15) is 4.79 Å². The number of rotatable bonds is 4. The molecule has 5 heteroatoms. The van der Waals surface area contributed by atoms with Gasteiger partial charge in [0.15, 0.2) is 0 Å². The van der Waals surface area contributed by atoms with Gasteiger partial charge in [-0.25, -0.2) is 4.79 Å². The fraction of sp³-hybridized carbons (Fsp3) is 0.632. The largest absolute Gasteiger partial charge is 0.374 e. The van der Waals surface area contributed by atoms with Crippen molar-refractivity contribution in [3.05, 3.63) is 33.4 Å². The maximum absolute atomic E-state index is 12.1. The average Bonchev–Trinajstić information content (AvgIpc) is 2.56. The van der Waals surface area contributed by atoms with Crippen molar-refractivity contribution >= 4 is 6.03 Å². The molecule has 2 rings (SSSR count). The van der Waals surface area contributed by atoms with Gasteiger partial charge in [0, 0.05) is 26.2 Å². The summed E-state index contributed by atoms with van der Waals surface area (Å²) in [5.41, 5.74) is 7.74. The molecule has 0 radical (unpaired) electrons. The molecule has 1 saturated heterocycles. The van der Waals surface area contributed by atoms with Crippen molar-refractivity contribution in [2.45, 2.75) is 47.3 Å². The number of morpholine rings is 1. The van der Waals surface area contributed by atoms with Crippen molar-refractivity contribution in [1.29, 1.82) is 0 Å². The standard InChI is InChI=1S/C19H31N3O2/c1-12-13(2)15(4)18(16(5)14(12)3)10-21-19(23)20-9-17-11-22(6)7-8-24-17/h17H,7-11H2,1-6H3,(H2,20,21,23)/t17-/m1/s1. The molecule has 0 unspecified atom stereocenters. The minimum absolute atomic E-state index is 0.0711. The Balaban J connectivity index is 1.90. The SMILES string of the molecule is Cc1c(C)c(C)c(CNC(=O)NC[C@@H]2CN(C)CCO2)c(C)c1C. The minimum atomic E-state index is -0.137. The second-order valence-corrected chi connectivity index (χ2v) is 6.92. The number of benzene rings is 1. The third-order valence-electron chi connectivity index (χ3n) is 5.41. The normalized spacial score (nSPS) is 18.5. The second-order valence-electron chi connectivity index (χ2n) is 6.92. The fourth-order valence-electron chi connectivity index (χ4n) is 3.27. The van der Waals surface area contributed by atoms with Crippen LogP contribution in [0.1, 0.15) is 33.4 Å². The van der Waals surface area contributed by atoms with Gasteiger partial charge in [-0.3, -0.25) is 0 Å². The Morgan fingerprint density at radius 3 is 2.21 bits per heavy atom. The Labute approximate surface area is 145 Å². The van der Waals surface area contributed by atoms with Crippen LogP contribution in [0, 0.1) is 34.6 Å². The summed E-state index contributed by atoms with van der Waals surface area (Å²) in [7, 11) is 2.07. The van der Waals surface area contributed by atoms with Gasteiger partial charge >= 0.3 is 6.03 Å². The molecule has 2 amide bonds. The summed E-state index contributed by atoms with van der Waals surface area (Å²) in [6, 6.07) is -0.137. The van der Waals surface area contributed by atoms with Crippen molar-refractivity contribution in [2.75, 3.05) is 33.3 Å². The van der Waals surface area contributed by atoms with Gasteiger partial charge in [0.05, 0.1) is 12.7 Å². The molecule has 0 aliphatic carbocycles. The van der Waals surface area contributed by atoms with E-state index in [1.807, 2.05) is 0 Å². The zero-order valence-corrected chi connectivity index (χ0v) is 15.9. The molecule has 2 N–H and O–H groups in total.